The molecule has 0 saturated heterocycles. The zero-order valence-corrected chi connectivity index (χ0v) is 6.41. The summed E-state index contributed by atoms with van der Waals surface area (Å²) in [6.07, 6.45) is 3.56. The monoisotopic (exact) mass is 162 g/mol. The summed E-state index contributed by atoms with van der Waals surface area (Å²) in [5, 5.41) is 0. The zero-order chi connectivity index (χ0) is 6.48. The second-order valence-electron chi connectivity index (χ2n) is 3.13. The molecule has 0 aromatic rings. The number of halogens is 1. The molecule has 0 aromatic carbocycles. The van der Waals surface area contributed by atoms with Crippen LogP contribution < -0.4 is 11.3 Å². The van der Waals surface area contributed by atoms with Crippen molar-refractivity contribution in [3.63, 3.8) is 0 Å². The lowest BCUT2D eigenvalue weighted by molar-refractivity contribution is -0.122. The summed E-state index contributed by atoms with van der Waals surface area (Å²) < 4.78 is 0. The fraction of sp³-hybridized carbons (Fsp3) is 0.833. The minimum absolute atomic E-state index is 0. The first kappa shape index (κ1) is 7.82. The molecule has 4 heteroatoms. The normalized spacial score (nSPS) is 30.7. The largest absolute Gasteiger partial charge is 0.294 e. The number of carbonyl (C=O) groups excluding carboxylic acids is 1. The van der Waals surface area contributed by atoms with Crippen molar-refractivity contribution in [2.24, 2.45) is 17.2 Å². The summed E-state index contributed by atoms with van der Waals surface area (Å²) in [6, 6.07) is 0. The predicted molar refractivity (Wildman–Crippen MR) is 39.4 cm³/mol. The Kier molecular flexibility index (Phi) is 1.65. The summed E-state index contributed by atoms with van der Waals surface area (Å²) in [4.78, 5) is 10.8. The molecule has 10 heavy (non-hydrogen) atoms. The number of carbonyl (C=O) groups is 1. The van der Waals surface area contributed by atoms with Crippen LogP contribution in [0.4, 0.5) is 0 Å². The van der Waals surface area contributed by atoms with E-state index >= 15 is 0 Å². The van der Waals surface area contributed by atoms with Gasteiger partial charge >= 0.3 is 0 Å². The maximum absolute atomic E-state index is 10.8. The third-order valence-electron chi connectivity index (χ3n) is 2.54. The van der Waals surface area contributed by atoms with Gasteiger partial charge in [0.1, 0.15) is 0 Å². The molecule has 2 aliphatic carbocycles. The molecule has 0 radical (unpaired) electrons. The van der Waals surface area contributed by atoms with Crippen molar-refractivity contribution in [1.82, 2.24) is 5.43 Å². The number of nitrogens with two attached hydrogens (primary N) is 1. The molecule has 0 bridgehead atoms. The molecule has 1 spiro atoms. The summed E-state index contributed by atoms with van der Waals surface area (Å²) in [5.41, 5.74) is 2.63. The molecule has 1 amide bonds. The first-order chi connectivity index (χ1) is 4.28. The number of nitrogens with one attached hydrogen (secondary N) is 1. The van der Waals surface area contributed by atoms with E-state index < -0.39 is 0 Å². The van der Waals surface area contributed by atoms with Gasteiger partial charge in [0.2, 0.25) is 5.91 Å². The van der Waals surface area contributed by atoms with Crippen molar-refractivity contribution in [2.45, 2.75) is 19.3 Å². The molecule has 0 aliphatic heterocycles. The highest BCUT2D eigenvalue weighted by atomic mass is 35.5. The minimum Gasteiger partial charge on any atom is -0.294 e. The summed E-state index contributed by atoms with van der Waals surface area (Å²) in [7, 11) is 0. The van der Waals surface area contributed by atoms with Crippen LogP contribution >= 0.6 is 12.4 Å². The van der Waals surface area contributed by atoms with E-state index in [0.29, 0.717) is 5.41 Å². The Morgan fingerprint density at radius 2 is 2.20 bits per heavy atom. The number of hydrogen-bond donors (Lipinski definition) is 2. The van der Waals surface area contributed by atoms with Gasteiger partial charge in [-0.2, -0.15) is 0 Å². The third kappa shape index (κ3) is 0.896. The molecule has 0 unspecified atom stereocenters. The van der Waals surface area contributed by atoms with Crippen LogP contribution in [0.3, 0.4) is 0 Å². The standard InChI is InChI=1S/C6H10N2O.ClH/c7-8-5(9)4-3-6(4)1-2-6;/h4H,1-3,7H2,(H,8,9);1H/t4-;/m0./s1. The molecule has 2 saturated carbocycles. The van der Waals surface area contributed by atoms with Gasteiger partial charge in [-0.3, -0.25) is 10.2 Å². The fourth-order valence-corrected chi connectivity index (χ4v) is 1.53. The average molecular weight is 163 g/mol. The van der Waals surface area contributed by atoms with E-state index in [0.717, 1.165) is 6.42 Å². The SMILES string of the molecule is Cl.NNC(=O)[C@@H]1CC12CC2. The van der Waals surface area contributed by atoms with Crippen LogP contribution in [0.25, 0.3) is 0 Å². The second-order valence-corrected chi connectivity index (χ2v) is 3.13. The fourth-order valence-electron chi connectivity index (χ4n) is 1.53. The molecule has 1 atom stereocenters. The second kappa shape index (κ2) is 2.10. The molecule has 2 rings (SSSR count). The molecule has 2 fully saturated rings. The average Bonchev–Trinajstić information content (AvgIpc) is 2.74. The molecule has 58 valence electrons. The van der Waals surface area contributed by atoms with E-state index in [-0.39, 0.29) is 24.2 Å². The first-order valence-electron chi connectivity index (χ1n) is 3.29. The lowest BCUT2D eigenvalue weighted by atomic mass is 10.3. The van der Waals surface area contributed by atoms with Crippen molar-refractivity contribution in [1.29, 1.82) is 0 Å². The molecule has 0 heterocycles. The topological polar surface area (TPSA) is 55.1 Å². The maximum Gasteiger partial charge on any atom is 0.237 e. The number of hydrogen-bond acceptors (Lipinski definition) is 2. The van der Waals surface area contributed by atoms with E-state index in [1.807, 2.05) is 0 Å². The Bertz CT molecular complexity index is 167. The highest BCUT2D eigenvalue weighted by molar-refractivity contribution is 5.85. The van der Waals surface area contributed by atoms with Gasteiger partial charge in [-0.15, -0.1) is 12.4 Å². The summed E-state index contributed by atoms with van der Waals surface area (Å²) in [5.74, 6) is 5.26. The van der Waals surface area contributed by atoms with Crippen LogP contribution in [0.5, 0.6) is 0 Å². The minimum atomic E-state index is 0. The molecular formula is C6H11ClN2O. The van der Waals surface area contributed by atoms with Gasteiger partial charge in [-0.05, 0) is 24.7 Å². The molecule has 0 aromatic heterocycles. The molecular weight excluding hydrogens is 152 g/mol. The number of rotatable bonds is 1. The van der Waals surface area contributed by atoms with E-state index in [1.165, 1.54) is 12.8 Å². The van der Waals surface area contributed by atoms with E-state index in [2.05, 4.69) is 5.43 Å². The van der Waals surface area contributed by atoms with Gasteiger partial charge < -0.3 is 0 Å². The Morgan fingerprint density at radius 1 is 1.60 bits per heavy atom. The van der Waals surface area contributed by atoms with E-state index in [4.69, 9.17) is 5.84 Å². The Morgan fingerprint density at radius 3 is 2.50 bits per heavy atom. The van der Waals surface area contributed by atoms with Gasteiger partial charge in [0.25, 0.3) is 0 Å². The highest BCUT2D eigenvalue weighted by Gasteiger charge is 2.65. The van der Waals surface area contributed by atoms with Crippen LogP contribution in [-0.2, 0) is 4.79 Å². The van der Waals surface area contributed by atoms with Crippen LogP contribution in [0.2, 0.25) is 0 Å². The molecule has 3 N–H and O–H groups in total. The van der Waals surface area contributed by atoms with Crippen molar-refractivity contribution >= 4 is 18.3 Å². The van der Waals surface area contributed by atoms with Crippen molar-refractivity contribution < 1.29 is 4.79 Å². The van der Waals surface area contributed by atoms with Gasteiger partial charge in [0.15, 0.2) is 0 Å². The van der Waals surface area contributed by atoms with Crippen molar-refractivity contribution in [2.75, 3.05) is 0 Å². The third-order valence-corrected chi connectivity index (χ3v) is 2.54. The Hall–Kier alpha value is -0.280. The highest BCUT2D eigenvalue weighted by Crippen LogP contribution is 2.70. The Balaban J connectivity index is 0.000000500. The number of amides is 1. The van der Waals surface area contributed by atoms with Gasteiger partial charge in [0.05, 0.1) is 0 Å². The van der Waals surface area contributed by atoms with E-state index in [9.17, 15) is 4.79 Å². The van der Waals surface area contributed by atoms with Crippen LogP contribution in [0.1, 0.15) is 19.3 Å². The molecule has 3 nitrogen and oxygen atoms in total. The van der Waals surface area contributed by atoms with Gasteiger partial charge in [-0.1, -0.05) is 0 Å². The van der Waals surface area contributed by atoms with Crippen molar-refractivity contribution in [3.8, 4) is 0 Å². The smallest absolute Gasteiger partial charge is 0.237 e. The maximum atomic E-state index is 10.8. The number of hydrazine groups is 1. The quantitative estimate of drug-likeness (QED) is 0.329. The van der Waals surface area contributed by atoms with Crippen LogP contribution in [-0.4, -0.2) is 5.91 Å². The van der Waals surface area contributed by atoms with E-state index in [1.54, 1.807) is 0 Å². The van der Waals surface area contributed by atoms with Crippen LogP contribution in [0, 0.1) is 11.3 Å². The molecule has 2 aliphatic rings. The van der Waals surface area contributed by atoms with Crippen LogP contribution in [0.15, 0.2) is 0 Å². The summed E-state index contributed by atoms with van der Waals surface area (Å²) >= 11 is 0. The first-order valence-corrected chi connectivity index (χ1v) is 3.29. The van der Waals surface area contributed by atoms with Crippen molar-refractivity contribution in [3.05, 3.63) is 0 Å². The predicted octanol–water partition coefficient (Wildman–Crippen LogP) is 0.198. The Labute approximate surface area is 65.7 Å². The van der Waals surface area contributed by atoms with Gasteiger partial charge in [-0.25, -0.2) is 5.84 Å². The summed E-state index contributed by atoms with van der Waals surface area (Å²) in [6.45, 7) is 0. The lowest BCUT2D eigenvalue weighted by Gasteiger charge is -1.92. The van der Waals surface area contributed by atoms with Gasteiger partial charge in [0, 0.05) is 5.92 Å². The zero-order valence-electron chi connectivity index (χ0n) is 5.59. The lowest BCUT2D eigenvalue weighted by Crippen LogP contribution is -2.31.